The Kier molecular flexibility index (Phi) is 4.06. The molecule has 4 heterocycles. The number of amides is 1. The Hall–Kier alpha value is -2.97. The number of H-pyrrole nitrogens is 1. The fraction of sp³-hybridized carbons (Fsp3) is 0.471. The molecule has 0 saturated heterocycles. The number of nitrogens with zero attached hydrogens (tertiary/aromatic N) is 7. The maximum absolute atomic E-state index is 12.4. The second kappa shape index (κ2) is 6.40. The molecule has 1 aliphatic rings. The molecule has 0 fully saturated rings. The number of rotatable bonds is 5. The summed E-state index contributed by atoms with van der Waals surface area (Å²) in [6.07, 6.45) is 3.78. The summed E-state index contributed by atoms with van der Waals surface area (Å²) in [4.78, 5) is 18.8. The summed E-state index contributed by atoms with van der Waals surface area (Å²) in [6, 6.07) is 1.82. The predicted molar refractivity (Wildman–Crippen MR) is 95.4 cm³/mol. The number of hydrogen-bond donors (Lipinski definition) is 1. The number of hydrogen-bond acceptors (Lipinski definition) is 5. The van der Waals surface area contributed by atoms with Crippen LogP contribution in [0.1, 0.15) is 35.9 Å². The number of nitrogens with one attached hydrogen (secondary N) is 1. The summed E-state index contributed by atoms with van der Waals surface area (Å²) < 4.78 is 3.65. The Labute approximate surface area is 151 Å². The summed E-state index contributed by atoms with van der Waals surface area (Å²) in [5.41, 5.74) is 3.07. The first-order valence-electron chi connectivity index (χ1n) is 8.87. The molecule has 26 heavy (non-hydrogen) atoms. The van der Waals surface area contributed by atoms with Crippen molar-refractivity contribution in [2.75, 3.05) is 13.6 Å². The zero-order valence-corrected chi connectivity index (χ0v) is 15.2. The summed E-state index contributed by atoms with van der Waals surface area (Å²) in [6.45, 7) is 6.19. The van der Waals surface area contributed by atoms with Gasteiger partial charge >= 0.3 is 0 Å². The van der Waals surface area contributed by atoms with Crippen molar-refractivity contribution in [3.63, 3.8) is 0 Å². The molecule has 4 rings (SSSR count). The second-order valence-electron chi connectivity index (χ2n) is 6.61. The van der Waals surface area contributed by atoms with Crippen molar-refractivity contribution >= 4 is 5.91 Å². The molecule has 0 aliphatic carbocycles. The van der Waals surface area contributed by atoms with Crippen molar-refractivity contribution in [1.29, 1.82) is 0 Å². The third-order valence-corrected chi connectivity index (χ3v) is 4.69. The fourth-order valence-corrected chi connectivity index (χ4v) is 3.10. The zero-order chi connectivity index (χ0) is 18.3. The second-order valence-corrected chi connectivity index (χ2v) is 6.61. The van der Waals surface area contributed by atoms with Gasteiger partial charge in [-0.2, -0.15) is 15.3 Å². The summed E-state index contributed by atoms with van der Waals surface area (Å²) in [7, 11) is 1.81. The molecule has 0 saturated carbocycles. The van der Waals surface area contributed by atoms with E-state index in [2.05, 4.69) is 27.3 Å². The van der Waals surface area contributed by atoms with E-state index in [0.717, 1.165) is 30.6 Å². The van der Waals surface area contributed by atoms with E-state index in [1.165, 1.54) is 0 Å². The third-order valence-electron chi connectivity index (χ3n) is 4.69. The molecule has 0 radical (unpaired) electrons. The van der Waals surface area contributed by atoms with Crippen LogP contribution < -0.4 is 0 Å². The van der Waals surface area contributed by atoms with Gasteiger partial charge in [0.25, 0.3) is 5.91 Å². The van der Waals surface area contributed by atoms with Gasteiger partial charge in [0, 0.05) is 31.9 Å². The number of carbonyl (C=O) groups is 1. The minimum absolute atomic E-state index is 0.0134. The molecule has 0 atom stereocenters. The lowest BCUT2D eigenvalue weighted by Crippen LogP contribution is -2.37. The minimum atomic E-state index is -0.0134. The van der Waals surface area contributed by atoms with Crippen LogP contribution in [0.5, 0.6) is 0 Å². The molecule has 9 nitrogen and oxygen atoms in total. The van der Waals surface area contributed by atoms with Crippen molar-refractivity contribution < 1.29 is 4.79 Å². The highest BCUT2D eigenvalue weighted by atomic mass is 16.2. The lowest BCUT2D eigenvalue weighted by Gasteiger charge is -2.22. The molecular weight excluding hydrogens is 332 g/mol. The van der Waals surface area contributed by atoms with Crippen LogP contribution in [0.4, 0.5) is 0 Å². The van der Waals surface area contributed by atoms with Crippen LogP contribution in [0.2, 0.25) is 0 Å². The van der Waals surface area contributed by atoms with Gasteiger partial charge in [0.05, 0.1) is 18.3 Å². The normalized spacial score (nSPS) is 14.1. The molecule has 3 aromatic rings. The number of unbranched alkanes of at least 4 members (excludes halogenated alkanes) is 1. The fourth-order valence-electron chi connectivity index (χ4n) is 3.10. The number of aryl methyl sites for hydroxylation is 2. The Morgan fingerprint density at radius 1 is 1.27 bits per heavy atom. The highest BCUT2D eigenvalue weighted by molar-refractivity contribution is 5.94. The van der Waals surface area contributed by atoms with Gasteiger partial charge in [0.2, 0.25) is 0 Å². The van der Waals surface area contributed by atoms with Crippen LogP contribution in [-0.4, -0.2) is 59.1 Å². The van der Waals surface area contributed by atoms with Gasteiger partial charge in [-0.1, -0.05) is 13.3 Å². The van der Waals surface area contributed by atoms with E-state index < -0.39 is 0 Å². The van der Waals surface area contributed by atoms with Crippen molar-refractivity contribution in [3.05, 3.63) is 23.7 Å². The number of carbonyl (C=O) groups excluding carboxylic acids is 1. The van der Waals surface area contributed by atoms with E-state index >= 15 is 0 Å². The molecule has 0 unspecified atom stereocenters. The Morgan fingerprint density at radius 2 is 2.12 bits per heavy atom. The molecule has 0 aromatic carbocycles. The van der Waals surface area contributed by atoms with Gasteiger partial charge in [-0.05, 0) is 13.3 Å². The molecule has 136 valence electrons. The van der Waals surface area contributed by atoms with Crippen molar-refractivity contribution in [1.82, 2.24) is 39.6 Å². The van der Waals surface area contributed by atoms with E-state index in [4.69, 9.17) is 4.98 Å². The molecule has 9 heteroatoms. The Bertz CT molecular complexity index is 950. The van der Waals surface area contributed by atoms with Gasteiger partial charge in [-0.25, -0.2) is 9.67 Å². The maximum Gasteiger partial charge on any atom is 0.271 e. The van der Waals surface area contributed by atoms with Gasteiger partial charge < -0.3 is 4.90 Å². The zero-order valence-electron chi connectivity index (χ0n) is 15.2. The van der Waals surface area contributed by atoms with Gasteiger partial charge in [-0.15, -0.1) is 0 Å². The number of fused-ring (bicyclic) bond motifs is 1. The first-order chi connectivity index (χ1) is 12.6. The third kappa shape index (κ3) is 2.69. The van der Waals surface area contributed by atoms with E-state index in [9.17, 15) is 4.79 Å². The highest BCUT2D eigenvalue weighted by Crippen LogP contribution is 2.25. The summed E-state index contributed by atoms with van der Waals surface area (Å²) >= 11 is 0. The van der Waals surface area contributed by atoms with Crippen LogP contribution in [0.3, 0.4) is 0 Å². The molecule has 0 bridgehead atoms. The largest absolute Gasteiger partial charge is 0.339 e. The molecule has 3 aromatic heterocycles. The lowest BCUT2D eigenvalue weighted by molar-refractivity contribution is 0.0743. The Balaban J connectivity index is 1.78. The van der Waals surface area contributed by atoms with Crippen LogP contribution >= 0.6 is 0 Å². The Morgan fingerprint density at radius 3 is 2.85 bits per heavy atom. The average Bonchev–Trinajstić information content (AvgIpc) is 3.33. The topological polar surface area (TPSA) is 97.5 Å². The monoisotopic (exact) mass is 354 g/mol. The van der Waals surface area contributed by atoms with E-state index in [-0.39, 0.29) is 5.91 Å². The van der Waals surface area contributed by atoms with Crippen LogP contribution in [-0.2, 0) is 13.1 Å². The smallest absolute Gasteiger partial charge is 0.271 e. The predicted octanol–water partition coefficient (Wildman–Crippen LogP) is 1.73. The highest BCUT2D eigenvalue weighted by Gasteiger charge is 2.26. The number of aromatic nitrogens is 7. The van der Waals surface area contributed by atoms with Crippen LogP contribution in [0.25, 0.3) is 22.9 Å². The van der Waals surface area contributed by atoms with Crippen molar-refractivity contribution in [2.24, 2.45) is 0 Å². The maximum atomic E-state index is 12.4. The standard InChI is InChI=1S/C17H22N8O/c1-4-5-6-25-16(19-15(22-25)12-10-18-20-11(12)2)13-9-14-17(26)23(3)7-8-24(14)21-13/h9-10H,4-8H2,1-3H3,(H,18,20). The van der Waals surface area contributed by atoms with Gasteiger partial charge in [0.15, 0.2) is 11.6 Å². The quantitative estimate of drug-likeness (QED) is 0.752. The molecular formula is C17H22N8O. The van der Waals surface area contributed by atoms with Crippen molar-refractivity contribution in [2.45, 2.75) is 39.8 Å². The first kappa shape index (κ1) is 16.5. The summed E-state index contributed by atoms with van der Waals surface area (Å²) in [5, 5.41) is 16.3. The molecule has 0 spiro atoms. The van der Waals surface area contributed by atoms with E-state index in [0.29, 0.717) is 36.1 Å². The average molecular weight is 354 g/mol. The van der Waals surface area contributed by atoms with E-state index in [1.54, 1.807) is 15.8 Å². The molecule has 1 aliphatic heterocycles. The molecule has 1 N–H and O–H groups in total. The van der Waals surface area contributed by atoms with E-state index in [1.807, 2.05) is 24.7 Å². The van der Waals surface area contributed by atoms with Gasteiger partial charge in [0.1, 0.15) is 11.4 Å². The SMILES string of the molecule is CCCCn1nc(-c2cn[nH]c2C)nc1-c1cc2n(n1)CCN(C)C2=O. The lowest BCUT2D eigenvalue weighted by atomic mass is 10.2. The van der Waals surface area contributed by atoms with Gasteiger partial charge in [-0.3, -0.25) is 14.6 Å². The van der Waals surface area contributed by atoms with Crippen LogP contribution in [0.15, 0.2) is 12.3 Å². The molecule has 1 amide bonds. The van der Waals surface area contributed by atoms with Crippen LogP contribution in [0, 0.1) is 6.92 Å². The minimum Gasteiger partial charge on any atom is -0.339 e. The number of aromatic amines is 1. The van der Waals surface area contributed by atoms with Crippen molar-refractivity contribution in [3.8, 4) is 22.9 Å². The number of likely N-dealkylation sites (N-methyl/N-ethyl adjacent to an activating group) is 1. The first-order valence-corrected chi connectivity index (χ1v) is 8.87. The summed E-state index contributed by atoms with van der Waals surface area (Å²) in [5.74, 6) is 1.30.